The van der Waals surface area contributed by atoms with Crippen molar-refractivity contribution in [3.8, 4) is 0 Å². The Labute approximate surface area is 156 Å². The number of allylic oxidation sites excluding steroid dienone is 2. The topological polar surface area (TPSA) is 71.1 Å². The van der Waals surface area contributed by atoms with Crippen LogP contribution in [0.25, 0.3) is 0 Å². The lowest BCUT2D eigenvalue weighted by molar-refractivity contribution is -0.197. The van der Waals surface area contributed by atoms with Crippen LogP contribution >= 0.6 is 0 Å². The molecule has 0 saturated carbocycles. The third-order valence-corrected chi connectivity index (χ3v) is 3.99. The summed E-state index contributed by atoms with van der Waals surface area (Å²) in [4.78, 5) is 22.2. The van der Waals surface area contributed by atoms with E-state index in [4.69, 9.17) is 18.9 Å². The minimum absolute atomic E-state index is 0.0105. The summed E-state index contributed by atoms with van der Waals surface area (Å²) in [6, 6.07) is 0. The third-order valence-electron chi connectivity index (χ3n) is 3.99. The highest BCUT2D eigenvalue weighted by molar-refractivity contribution is 5.66. The normalized spacial score (nSPS) is 23.2. The molecule has 6 nitrogen and oxygen atoms in total. The third kappa shape index (κ3) is 9.73. The van der Waals surface area contributed by atoms with Crippen LogP contribution in [0.4, 0.5) is 0 Å². The van der Waals surface area contributed by atoms with Gasteiger partial charge in [0.2, 0.25) is 0 Å². The van der Waals surface area contributed by atoms with Gasteiger partial charge in [0.1, 0.15) is 18.8 Å². The molecule has 4 atom stereocenters. The number of carbonyl (C=O) groups is 2. The van der Waals surface area contributed by atoms with Gasteiger partial charge in [0.25, 0.3) is 0 Å². The molecule has 0 spiro atoms. The molecule has 0 saturated heterocycles. The highest BCUT2D eigenvalue weighted by Crippen LogP contribution is 2.19. The molecule has 0 aromatic rings. The molecule has 0 aliphatic carbocycles. The maximum Gasteiger partial charge on any atom is 0.303 e. The molecule has 0 N–H and O–H groups in total. The fraction of sp³-hybridized carbons (Fsp3) is 0.700. The number of hydrogen-bond donors (Lipinski definition) is 0. The predicted octanol–water partition coefficient (Wildman–Crippen LogP) is 3.55. The zero-order chi connectivity index (χ0) is 19.5. The van der Waals surface area contributed by atoms with Crippen molar-refractivity contribution in [3.05, 3.63) is 23.8 Å². The molecule has 0 aromatic carbocycles. The zero-order valence-electron chi connectivity index (χ0n) is 16.5. The van der Waals surface area contributed by atoms with Crippen LogP contribution < -0.4 is 0 Å². The second kappa shape index (κ2) is 11.9. The fourth-order valence-corrected chi connectivity index (χ4v) is 2.54. The monoisotopic (exact) mass is 368 g/mol. The van der Waals surface area contributed by atoms with Crippen LogP contribution in [0.5, 0.6) is 0 Å². The van der Waals surface area contributed by atoms with Crippen molar-refractivity contribution in [3.63, 3.8) is 0 Å². The largest absolute Gasteiger partial charge is 0.463 e. The molecule has 6 heteroatoms. The van der Waals surface area contributed by atoms with Gasteiger partial charge in [-0.25, -0.2) is 0 Å². The van der Waals surface area contributed by atoms with Crippen molar-refractivity contribution in [1.82, 2.24) is 0 Å². The van der Waals surface area contributed by atoms with Crippen LogP contribution in [0, 0.1) is 5.92 Å². The van der Waals surface area contributed by atoms with Crippen LogP contribution in [-0.2, 0) is 28.5 Å². The van der Waals surface area contributed by atoms with E-state index in [0.29, 0.717) is 12.5 Å². The van der Waals surface area contributed by atoms with Crippen molar-refractivity contribution in [2.75, 3.05) is 13.2 Å². The highest BCUT2D eigenvalue weighted by Gasteiger charge is 2.31. The summed E-state index contributed by atoms with van der Waals surface area (Å²) < 4.78 is 21.7. The fourth-order valence-electron chi connectivity index (χ4n) is 2.54. The summed E-state index contributed by atoms with van der Waals surface area (Å²) in [5.74, 6) is -0.267. The van der Waals surface area contributed by atoms with E-state index in [-0.39, 0.29) is 6.61 Å². The van der Waals surface area contributed by atoms with Gasteiger partial charge in [-0.1, -0.05) is 18.6 Å². The Kier molecular flexibility index (Phi) is 10.2. The minimum atomic E-state index is -0.588. The molecule has 0 unspecified atom stereocenters. The molecule has 1 aliphatic rings. The Morgan fingerprint density at radius 2 is 1.85 bits per heavy atom. The highest BCUT2D eigenvalue weighted by atomic mass is 16.7. The van der Waals surface area contributed by atoms with Gasteiger partial charge in [0.15, 0.2) is 6.29 Å². The van der Waals surface area contributed by atoms with Crippen molar-refractivity contribution in [2.45, 2.75) is 72.4 Å². The summed E-state index contributed by atoms with van der Waals surface area (Å²) in [5, 5.41) is 0. The molecule has 0 aromatic heterocycles. The van der Waals surface area contributed by atoms with Gasteiger partial charge < -0.3 is 18.9 Å². The van der Waals surface area contributed by atoms with Crippen LogP contribution in [0.3, 0.4) is 0 Å². The van der Waals surface area contributed by atoms with E-state index in [1.54, 1.807) is 12.2 Å². The summed E-state index contributed by atoms with van der Waals surface area (Å²) in [7, 11) is 0. The van der Waals surface area contributed by atoms with E-state index in [0.717, 1.165) is 19.3 Å². The quantitative estimate of drug-likeness (QED) is 0.434. The van der Waals surface area contributed by atoms with Gasteiger partial charge >= 0.3 is 11.9 Å². The minimum Gasteiger partial charge on any atom is -0.463 e. The Morgan fingerprint density at radius 3 is 2.46 bits per heavy atom. The van der Waals surface area contributed by atoms with Gasteiger partial charge in [-0.2, -0.15) is 0 Å². The predicted molar refractivity (Wildman–Crippen MR) is 98.4 cm³/mol. The van der Waals surface area contributed by atoms with Gasteiger partial charge in [0, 0.05) is 13.8 Å². The first-order valence-electron chi connectivity index (χ1n) is 9.17. The summed E-state index contributed by atoms with van der Waals surface area (Å²) >= 11 is 0. The van der Waals surface area contributed by atoms with E-state index in [1.807, 2.05) is 0 Å². The van der Waals surface area contributed by atoms with E-state index in [2.05, 4.69) is 26.8 Å². The Morgan fingerprint density at radius 1 is 1.12 bits per heavy atom. The lowest BCUT2D eigenvalue weighted by Crippen LogP contribution is -2.42. The molecule has 0 fully saturated rings. The summed E-state index contributed by atoms with van der Waals surface area (Å²) in [6.45, 7) is 9.66. The van der Waals surface area contributed by atoms with Crippen LogP contribution in [0.15, 0.2) is 23.8 Å². The lowest BCUT2D eigenvalue weighted by Gasteiger charge is -2.31. The van der Waals surface area contributed by atoms with Crippen molar-refractivity contribution in [2.24, 2.45) is 5.92 Å². The number of ether oxygens (including phenoxy) is 4. The second-order valence-electron chi connectivity index (χ2n) is 6.93. The Balaban J connectivity index is 2.43. The standard InChI is InChI=1S/C20H32O6/c1-14(2)7-6-8-15(3)11-12-23-20-10-9-18(25-17(5)22)19(26-20)13-24-16(4)21/h7,9-10,15,18-20H,6,8,11-13H2,1-5H3/t15-,18+,19-,20+/m1/s1. The maximum absolute atomic E-state index is 11.2. The van der Waals surface area contributed by atoms with Gasteiger partial charge in [-0.3, -0.25) is 9.59 Å². The first-order chi connectivity index (χ1) is 12.3. The molecule has 1 aliphatic heterocycles. The smallest absolute Gasteiger partial charge is 0.303 e. The van der Waals surface area contributed by atoms with E-state index >= 15 is 0 Å². The molecule has 1 heterocycles. The zero-order valence-corrected chi connectivity index (χ0v) is 16.5. The van der Waals surface area contributed by atoms with Crippen LogP contribution in [0.2, 0.25) is 0 Å². The van der Waals surface area contributed by atoms with Crippen molar-refractivity contribution < 1.29 is 28.5 Å². The number of rotatable bonds is 10. The SMILES string of the molecule is CC(=O)OC[C@H]1O[C@H](OCC[C@H](C)CCC=C(C)C)C=C[C@@H]1OC(C)=O. The molecule has 148 valence electrons. The Bertz CT molecular complexity index is 506. The number of hydrogen-bond acceptors (Lipinski definition) is 6. The molecular weight excluding hydrogens is 336 g/mol. The van der Waals surface area contributed by atoms with Gasteiger partial charge in [-0.15, -0.1) is 0 Å². The van der Waals surface area contributed by atoms with Crippen LogP contribution in [-0.4, -0.2) is 43.7 Å². The van der Waals surface area contributed by atoms with Gasteiger partial charge in [0.05, 0.1) is 6.61 Å². The number of esters is 2. The average molecular weight is 368 g/mol. The Hall–Kier alpha value is -1.66. The van der Waals surface area contributed by atoms with Crippen LogP contribution in [0.1, 0.15) is 53.9 Å². The molecule has 26 heavy (non-hydrogen) atoms. The lowest BCUT2D eigenvalue weighted by atomic mass is 10.0. The van der Waals surface area contributed by atoms with Gasteiger partial charge in [-0.05, 0) is 51.2 Å². The first kappa shape index (κ1) is 22.4. The average Bonchev–Trinajstić information content (AvgIpc) is 2.53. The van der Waals surface area contributed by atoms with Crippen molar-refractivity contribution in [1.29, 1.82) is 0 Å². The molecule has 0 bridgehead atoms. The maximum atomic E-state index is 11.2. The molecule has 0 amide bonds. The van der Waals surface area contributed by atoms with E-state index < -0.39 is 30.4 Å². The van der Waals surface area contributed by atoms with E-state index in [9.17, 15) is 9.59 Å². The van der Waals surface area contributed by atoms with Crippen molar-refractivity contribution >= 4 is 11.9 Å². The second-order valence-corrected chi connectivity index (χ2v) is 6.93. The molecular formula is C20H32O6. The molecule has 0 radical (unpaired) electrons. The van der Waals surface area contributed by atoms with E-state index in [1.165, 1.54) is 19.4 Å². The first-order valence-corrected chi connectivity index (χ1v) is 9.17. The summed E-state index contributed by atoms with van der Waals surface area (Å²) in [5.41, 5.74) is 1.34. The summed E-state index contributed by atoms with van der Waals surface area (Å²) in [6.07, 6.45) is 7.14. The molecule has 1 rings (SSSR count). The number of carbonyl (C=O) groups excluding carboxylic acids is 2.